The Morgan fingerprint density at radius 1 is 1.39 bits per heavy atom. The molecule has 1 amide bonds. The molecule has 1 aliphatic rings. The van der Waals surface area contributed by atoms with Crippen LogP contribution in [0.5, 0.6) is 0 Å². The summed E-state index contributed by atoms with van der Waals surface area (Å²) in [4.78, 5) is 13.6. The van der Waals surface area contributed by atoms with Crippen molar-refractivity contribution in [2.75, 3.05) is 32.3 Å². The van der Waals surface area contributed by atoms with Gasteiger partial charge in [-0.15, -0.1) is 0 Å². The molecule has 0 fully saturated rings. The number of nitrogens with zero attached hydrogens (tertiary/aromatic N) is 1. The largest absolute Gasteiger partial charge is 0.364 e. The molecule has 0 aromatic heterocycles. The molecule has 4 heteroatoms. The topological polar surface area (TPSA) is 41.6 Å². The summed E-state index contributed by atoms with van der Waals surface area (Å²) in [6.45, 7) is 1.31. The Morgan fingerprint density at radius 3 is 2.94 bits per heavy atom. The average Bonchev–Trinajstić information content (AvgIpc) is 2.39. The molecule has 1 aromatic rings. The third-order valence-electron chi connectivity index (χ3n) is 3.27. The van der Waals surface area contributed by atoms with Gasteiger partial charge in [0.25, 0.3) is 0 Å². The number of ether oxygens (including phenoxy) is 1. The van der Waals surface area contributed by atoms with Gasteiger partial charge in [-0.3, -0.25) is 9.69 Å². The number of hydrogen-bond donors (Lipinski definition) is 1. The number of benzene rings is 1. The predicted molar refractivity (Wildman–Crippen MR) is 71.8 cm³/mol. The Bertz CT molecular complexity index is 432. The molecular formula is C14H20N2O2. The Labute approximate surface area is 108 Å². The lowest BCUT2D eigenvalue weighted by Crippen LogP contribution is -2.36. The van der Waals surface area contributed by atoms with Crippen molar-refractivity contribution in [2.45, 2.75) is 19.3 Å². The van der Waals surface area contributed by atoms with Gasteiger partial charge in [-0.1, -0.05) is 12.1 Å². The molecule has 0 aliphatic carbocycles. The molecule has 0 radical (unpaired) electrons. The molecule has 18 heavy (non-hydrogen) atoms. The number of rotatable bonds is 5. The Balaban J connectivity index is 2.22. The second kappa shape index (κ2) is 5.98. The van der Waals surface area contributed by atoms with Crippen LogP contribution in [0.25, 0.3) is 0 Å². The van der Waals surface area contributed by atoms with Crippen molar-refractivity contribution in [1.82, 2.24) is 5.32 Å². The van der Waals surface area contributed by atoms with E-state index in [0.717, 1.165) is 25.1 Å². The Kier molecular flexibility index (Phi) is 4.33. The van der Waals surface area contributed by atoms with Gasteiger partial charge in [0.1, 0.15) is 6.73 Å². The zero-order valence-electron chi connectivity index (χ0n) is 11.0. The van der Waals surface area contributed by atoms with E-state index < -0.39 is 0 Å². The molecule has 0 saturated carbocycles. The molecular weight excluding hydrogens is 228 g/mol. The molecule has 0 atom stereocenters. The summed E-state index contributed by atoms with van der Waals surface area (Å²) < 4.78 is 5.10. The van der Waals surface area contributed by atoms with Gasteiger partial charge >= 0.3 is 0 Å². The first-order valence-electron chi connectivity index (χ1n) is 6.32. The molecule has 1 aromatic carbocycles. The minimum Gasteiger partial charge on any atom is -0.364 e. The number of likely N-dealkylation sites (N-methyl/N-ethyl adjacent to an activating group) is 1. The van der Waals surface area contributed by atoms with Crippen LogP contribution in [0.1, 0.15) is 17.5 Å². The highest BCUT2D eigenvalue weighted by atomic mass is 16.5. The van der Waals surface area contributed by atoms with E-state index in [1.165, 1.54) is 11.1 Å². The summed E-state index contributed by atoms with van der Waals surface area (Å²) in [6.07, 6.45) is 2.43. The van der Waals surface area contributed by atoms with Crippen molar-refractivity contribution in [3.8, 4) is 0 Å². The molecule has 1 aliphatic heterocycles. The van der Waals surface area contributed by atoms with E-state index in [1.807, 2.05) is 13.1 Å². The second-order valence-electron chi connectivity index (χ2n) is 4.56. The highest BCUT2D eigenvalue weighted by Gasteiger charge is 2.23. The summed E-state index contributed by atoms with van der Waals surface area (Å²) in [6, 6.07) is 6.34. The van der Waals surface area contributed by atoms with E-state index in [9.17, 15) is 4.79 Å². The number of aryl methyl sites for hydroxylation is 1. The highest BCUT2D eigenvalue weighted by Crippen LogP contribution is 2.28. The number of carbonyl (C=O) groups is 1. The number of nitrogens with one attached hydrogen (secondary N) is 1. The van der Waals surface area contributed by atoms with E-state index in [4.69, 9.17) is 4.74 Å². The summed E-state index contributed by atoms with van der Waals surface area (Å²) in [7, 11) is 3.57. The average molecular weight is 248 g/mol. The van der Waals surface area contributed by atoms with Crippen LogP contribution in [-0.4, -0.2) is 33.3 Å². The highest BCUT2D eigenvalue weighted by molar-refractivity contribution is 5.96. The van der Waals surface area contributed by atoms with Crippen LogP contribution in [0, 0.1) is 0 Å². The summed E-state index contributed by atoms with van der Waals surface area (Å²) >= 11 is 0. The molecule has 4 nitrogen and oxygen atoms in total. The Morgan fingerprint density at radius 2 is 2.22 bits per heavy atom. The van der Waals surface area contributed by atoms with Gasteiger partial charge < -0.3 is 10.1 Å². The van der Waals surface area contributed by atoms with Gasteiger partial charge in [0, 0.05) is 19.2 Å². The van der Waals surface area contributed by atoms with E-state index in [2.05, 4.69) is 17.4 Å². The van der Waals surface area contributed by atoms with Crippen molar-refractivity contribution in [2.24, 2.45) is 0 Å². The van der Waals surface area contributed by atoms with Crippen LogP contribution < -0.4 is 10.2 Å². The molecule has 1 N–H and O–H groups in total. The fourth-order valence-corrected chi connectivity index (χ4v) is 2.31. The van der Waals surface area contributed by atoms with Gasteiger partial charge in [-0.25, -0.2) is 0 Å². The third-order valence-corrected chi connectivity index (χ3v) is 3.27. The summed E-state index contributed by atoms with van der Waals surface area (Å²) in [5.74, 6) is 0.146. The van der Waals surface area contributed by atoms with Crippen LogP contribution in [0.3, 0.4) is 0 Å². The monoisotopic (exact) mass is 248 g/mol. The smallest absolute Gasteiger partial charge is 0.229 e. The van der Waals surface area contributed by atoms with Crippen LogP contribution in [-0.2, 0) is 22.4 Å². The van der Waals surface area contributed by atoms with E-state index in [1.54, 1.807) is 12.0 Å². The number of hydrogen-bond acceptors (Lipinski definition) is 3. The first-order valence-corrected chi connectivity index (χ1v) is 6.32. The van der Waals surface area contributed by atoms with Crippen LogP contribution >= 0.6 is 0 Å². The maximum Gasteiger partial charge on any atom is 0.229 e. The predicted octanol–water partition coefficient (Wildman–Crippen LogP) is 1.33. The number of amides is 1. The van der Waals surface area contributed by atoms with Gasteiger partial charge in [-0.2, -0.15) is 0 Å². The van der Waals surface area contributed by atoms with Gasteiger partial charge in [0.2, 0.25) is 5.91 Å². The number of carbonyl (C=O) groups excluding carboxylic acids is 1. The Hall–Kier alpha value is -1.39. The molecule has 1 heterocycles. The lowest BCUT2D eigenvalue weighted by Gasteiger charge is -2.29. The standard InChI is InChI=1S/C14H20N2O2/c1-15-8-7-11-3-5-13-12(9-11)4-6-14(17)16(13)10-18-2/h3,5,9,15H,4,6-8,10H2,1-2H3. The molecule has 98 valence electrons. The van der Waals surface area contributed by atoms with Gasteiger partial charge in [0.05, 0.1) is 0 Å². The van der Waals surface area contributed by atoms with Crippen LogP contribution in [0.15, 0.2) is 18.2 Å². The first-order chi connectivity index (χ1) is 8.76. The van der Waals surface area contributed by atoms with Crippen molar-refractivity contribution in [3.05, 3.63) is 29.3 Å². The van der Waals surface area contributed by atoms with Crippen molar-refractivity contribution in [3.63, 3.8) is 0 Å². The van der Waals surface area contributed by atoms with Gasteiger partial charge in [0.15, 0.2) is 0 Å². The normalized spacial score (nSPS) is 14.8. The maximum absolute atomic E-state index is 11.8. The van der Waals surface area contributed by atoms with E-state index >= 15 is 0 Å². The summed E-state index contributed by atoms with van der Waals surface area (Å²) in [5, 5.41) is 3.15. The van der Waals surface area contributed by atoms with Crippen LogP contribution in [0.4, 0.5) is 5.69 Å². The van der Waals surface area contributed by atoms with E-state index in [-0.39, 0.29) is 5.91 Å². The zero-order chi connectivity index (χ0) is 13.0. The van der Waals surface area contributed by atoms with Gasteiger partial charge in [-0.05, 0) is 43.6 Å². The number of fused-ring (bicyclic) bond motifs is 1. The minimum atomic E-state index is 0.146. The summed E-state index contributed by atoms with van der Waals surface area (Å²) in [5.41, 5.74) is 3.57. The number of anilines is 1. The molecule has 0 saturated heterocycles. The fraction of sp³-hybridized carbons (Fsp3) is 0.500. The lowest BCUT2D eigenvalue weighted by molar-refractivity contribution is -0.119. The third kappa shape index (κ3) is 2.71. The molecule has 2 rings (SSSR count). The quantitative estimate of drug-likeness (QED) is 0.854. The zero-order valence-corrected chi connectivity index (χ0v) is 11.0. The lowest BCUT2D eigenvalue weighted by atomic mass is 9.98. The molecule has 0 spiro atoms. The number of methoxy groups -OCH3 is 1. The minimum absolute atomic E-state index is 0.146. The maximum atomic E-state index is 11.8. The van der Waals surface area contributed by atoms with Crippen LogP contribution in [0.2, 0.25) is 0 Å². The van der Waals surface area contributed by atoms with Crippen molar-refractivity contribution in [1.29, 1.82) is 0 Å². The fourth-order valence-electron chi connectivity index (χ4n) is 2.31. The second-order valence-corrected chi connectivity index (χ2v) is 4.56. The first kappa shape index (κ1) is 13.1. The van der Waals surface area contributed by atoms with E-state index in [0.29, 0.717) is 13.2 Å². The SMILES string of the molecule is CNCCc1ccc2c(c1)CCC(=O)N2COC. The molecule has 0 unspecified atom stereocenters. The van der Waals surface area contributed by atoms with Crippen molar-refractivity contribution >= 4 is 11.6 Å². The van der Waals surface area contributed by atoms with Crippen molar-refractivity contribution < 1.29 is 9.53 Å². The molecule has 0 bridgehead atoms.